The lowest BCUT2D eigenvalue weighted by molar-refractivity contribution is -0.144. The van der Waals surface area contributed by atoms with Crippen molar-refractivity contribution < 1.29 is 18.0 Å². The maximum atomic E-state index is 13.0. The predicted molar refractivity (Wildman–Crippen MR) is 96.4 cm³/mol. The standard InChI is InChI=1S/C17H15BrF3N5O/c1-10-4-3-5-11(8-10)9-26-7-6-12(23-26)22-16(27)14-13(18)15(17(19,20)21)25(2)24-14/h3-8H,9H2,1-2H3,(H,22,23,27). The van der Waals surface area contributed by atoms with Crippen LogP contribution in [0.15, 0.2) is 41.0 Å². The number of amides is 1. The molecule has 10 heteroatoms. The van der Waals surface area contributed by atoms with Crippen LogP contribution in [0.2, 0.25) is 0 Å². The van der Waals surface area contributed by atoms with Gasteiger partial charge in [-0.25, -0.2) is 0 Å². The number of alkyl halides is 3. The Kier molecular flexibility index (Phi) is 5.09. The molecule has 3 rings (SSSR count). The zero-order valence-electron chi connectivity index (χ0n) is 14.4. The fourth-order valence-corrected chi connectivity index (χ4v) is 3.38. The van der Waals surface area contributed by atoms with Crippen molar-refractivity contribution in [1.29, 1.82) is 0 Å². The third-order valence-electron chi connectivity index (χ3n) is 3.78. The molecule has 1 N–H and O–H groups in total. The molecule has 142 valence electrons. The second-order valence-corrected chi connectivity index (χ2v) is 6.77. The van der Waals surface area contributed by atoms with E-state index in [1.54, 1.807) is 16.9 Å². The first-order valence-corrected chi connectivity index (χ1v) is 8.64. The van der Waals surface area contributed by atoms with Gasteiger partial charge >= 0.3 is 6.18 Å². The van der Waals surface area contributed by atoms with Gasteiger partial charge in [0.1, 0.15) is 0 Å². The first-order valence-electron chi connectivity index (χ1n) is 7.85. The van der Waals surface area contributed by atoms with Crippen LogP contribution in [0.1, 0.15) is 27.3 Å². The summed E-state index contributed by atoms with van der Waals surface area (Å²) in [5.74, 6) is -0.562. The van der Waals surface area contributed by atoms with Gasteiger partial charge in [0, 0.05) is 19.3 Å². The lowest BCUT2D eigenvalue weighted by Crippen LogP contribution is -2.14. The molecule has 0 radical (unpaired) electrons. The smallest absolute Gasteiger partial charge is 0.304 e. The Bertz CT molecular complexity index is 993. The van der Waals surface area contributed by atoms with Crippen molar-refractivity contribution in [3.63, 3.8) is 0 Å². The van der Waals surface area contributed by atoms with E-state index in [-0.39, 0.29) is 11.5 Å². The number of nitrogens with zero attached hydrogens (tertiary/aromatic N) is 4. The number of anilines is 1. The number of halogens is 4. The Labute approximate surface area is 161 Å². The number of carbonyl (C=O) groups is 1. The van der Waals surface area contributed by atoms with E-state index in [0.29, 0.717) is 11.2 Å². The van der Waals surface area contributed by atoms with Crippen molar-refractivity contribution >= 4 is 27.7 Å². The molecule has 2 heterocycles. The molecular weight excluding hydrogens is 427 g/mol. The maximum Gasteiger partial charge on any atom is 0.434 e. The van der Waals surface area contributed by atoms with Gasteiger partial charge in [0.2, 0.25) is 0 Å². The molecule has 0 unspecified atom stereocenters. The average Bonchev–Trinajstić information content (AvgIpc) is 3.10. The second-order valence-electron chi connectivity index (χ2n) is 5.97. The van der Waals surface area contributed by atoms with Crippen LogP contribution in [0, 0.1) is 6.92 Å². The largest absolute Gasteiger partial charge is 0.434 e. The summed E-state index contributed by atoms with van der Waals surface area (Å²) in [6.45, 7) is 2.49. The number of nitrogens with one attached hydrogen (secondary N) is 1. The van der Waals surface area contributed by atoms with Crippen molar-refractivity contribution in [2.45, 2.75) is 19.6 Å². The molecule has 0 fully saturated rings. The Hall–Kier alpha value is -2.62. The molecule has 1 aromatic carbocycles. The molecule has 2 aromatic heterocycles. The van der Waals surface area contributed by atoms with E-state index in [9.17, 15) is 18.0 Å². The van der Waals surface area contributed by atoms with Crippen LogP contribution in [-0.2, 0) is 19.8 Å². The monoisotopic (exact) mass is 441 g/mol. The molecule has 1 amide bonds. The van der Waals surface area contributed by atoms with Crippen LogP contribution < -0.4 is 5.32 Å². The summed E-state index contributed by atoms with van der Waals surface area (Å²) in [4.78, 5) is 12.3. The van der Waals surface area contributed by atoms with Crippen molar-refractivity contribution in [3.8, 4) is 0 Å². The zero-order chi connectivity index (χ0) is 19.8. The highest BCUT2D eigenvalue weighted by Gasteiger charge is 2.39. The molecule has 0 aliphatic heterocycles. The highest BCUT2D eigenvalue weighted by atomic mass is 79.9. The maximum absolute atomic E-state index is 13.0. The number of hydrogen-bond acceptors (Lipinski definition) is 3. The third kappa shape index (κ3) is 4.21. The number of aromatic nitrogens is 4. The zero-order valence-corrected chi connectivity index (χ0v) is 16.0. The molecule has 0 aliphatic rings. The highest BCUT2D eigenvalue weighted by Crippen LogP contribution is 2.36. The Morgan fingerprint density at radius 2 is 2.00 bits per heavy atom. The number of aryl methyl sites for hydroxylation is 2. The van der Waals surface area contributed by atoms with Crippen molar-refractivity contribution in [2.75, 3.05) is 5.32 Å². The molecule has 0 atom stereocenters. The number of carbonyl (C=O) groups excluding carboxylic acids is 1. The van der Waals surface area contributed by atoms with E-state index in [0.717, 1.165) is 18.2 Å². The lowest BCUT2D eigenvalue weighted by atomic mass is 10.1. The molecular formula is C17H15BrF3N5O. The van der Waals surface area contributed by atoms with Crippen molar-refractivity contribution in [2.24, 2.45) is 7.05 Å². The average molecular weight is 442 g/mol. The van der Waals surface area contributed by atoms with E-state index in [1.165, 1.54) is 0 Å². The predicted octanol–water partition coefficient (Wildman–Crippen LogP) is 4.01. The second kappa shape index (κ2) is 7.18. The Morgan fingerprint density at radius 3 is 2.63 bits per heavy atom. The molecule has 0 saturated heterocycles. The van der Waals surface area contributed by atoms with Crippen LogP contribution >= 0.6 is 15.9 Å². The molecule has 0 spiro atoms. The molecule has 0 aliphatic carbocycles. The van der Waals surface area contributed by atoms with Gasteiger partial charge in [-0.15, -0.1) is 0 Å². The normalized spacial score (nSPS) is 11.6. The fraction of sp³-hybridized carbons (Fsp3) is 0.235. The highest BCUT2D eigenvalue weighted by molar-refractivity contribution is 9.10. The summed E-state index contributed by atoms with van der Waals surface area (Å²) in [5.41, 5.74) is 0.766. The Morgan fingerprint density at radius 1 is 1.26 bits per heavy atom. The first-order chi connectivity index (χ1) is 12.6. The fourth-order valence-electron chi connectivity index (χ4n) is 2.64. The van der Waals surface area contributed by atoms with Gasteiger partial charge < -0.3 is 5.32 Å². The van der Waals surface area contributed by atoms with Crippen LogP contribution in [0.25, 0.3) is 0 Å². The summed E-state index contributed by atoms with van der Waals surface area (Å²) in [6, 6.07) is 9.46. The van der Waals surface area contributed by atoms with Crippen molar-refractivity contribution in [1.82, 2.24) is 19.6 Å². The van der Waals surface area contributed by atoms with Gasteiger partial charge in [0.05, 0.1) is 11.0 Å². The van der Waals surface area contributed by atoms with Gasteiger partial charge in [-0.2, -0.15) is 23.4 Å². The van der Waals surface area contributed by atoms with Crippen LogP contribution in [0.3, 0.4) is 0 Å². The molecule has 6 nitrogen and oxygen atoms in total. The summed E-state index contributed by atoms with van der Waals surface area (Å²) in [7, 11) is 1.13. The van der Waals surface area contributed by atoms with E-state index < -0.39 is 22.3 Å². The molecule has 0 bridgehead atoms. The van der Waals surface area contributed by atoms with Crippen LogP contribution in [0.4, 0.5) is 19.0 Å². The van der Waals surface area contributed by atoms with Gasteiger partial charge in [-0.3, -0.25) is 14.2 Å². The SMILES string of the molecule is Cc1cccc(Cn2ccc(NC(=O)c3nn(C)c(C(F)(F)F)c3Br)n2)c1. The lowest BCUT2D eigenvalue weighted by Gasteiger charge is -2.06. The van der Waals surface area contributed by atoms with Crippen LogP contribution in [-0.4, -0.2) is 25.5 Å². The number of benzene rings is 1. The first kappa shape index (κ1) is 19.2. The molecule has 0 saturated carbocycles. The minimum absolute atomic E-state index is 0.221. The molecule has 27 heavy (non-hydrogen) atoms. The summed E-state index contributed by atoms with van der Waals surface area (Å²) < 4.78 is 40.9. The topological polar surface area (TPSA) is 64.7 Å². The minimum Gasteiger partial charge on any atom is -0.304 e. The van der Waals surface area contributed by atoms with Gasteiger partial charge in [-0.05, 0) is 28.4 Å². The summed E-state index contributed by atoms with van der Waals surface area (Å²) in [5, 5.41) is 10.3. The van der Waals surface area contributed by atoms with E-state index in [4.69, 9.17) is 0 Å². The minimum atomic E-state index is -4.63. The van der Waals surface area contributed by atoms with Crippen LogP contribution in [0.5, 0.6) is 0 Å². The van der Waals surface area contributed by atoms with Gasteiger partial charge in [-0.1, -0.05) is 29.8 Å². The van der Waals surface area contributed by atoms with Gasteiger partial charge in [0.15, 0.2) is 17.2 Å². The van der Waals surface area contributed by atoms with E-state index in [1.807, 2.05) is 31.2 Å². The summed E-state index contributed by atoms with van der Waals surface area (Å²) in [6.07, 6.45) is -2.96. The summed E-state index contributed by atoms with van der Waals surface area (Å²) >= 11 is 2.82. The number of rotatable bonds is 4. The Balaban J connectivity index is 1.75. The van der Waals surface area contributed by atoms with E-state index >= 15 is 0 Å². The molecule has 3 aromatic rings. The van der Waals surface area contributed by atoms with E-state index in [2.05, 4.69) is 31.4 Å². The third-order valence-corrected chi connectivity index (χ3v) is 4.53. The van der Waals surface area contributed by atoms with Crippen molar-refractivity contribution in [3.05, 3.63) is 63.5 Å². The van der Waals surface area contributed by atoms with Gasteiger partial charge in [0.25, 0.3) is 5.91 Å². The quantitative estimate of drug-likeness (QED) is 0.665. The number of hydrogen-bond donors (Lipinski definition) is 1.